The summed E-state index contributed by atoms with van der Waals surface area (Å²) in [6, 6.07) is 5.76. The van der Waals surface area contributed by atoms with Crippen LogP contribution in [0.15, 0.2) is 18.2 Å². The van der Waals surface area contributed by atoms with Crippen molar-refractivity contribution >= 4 is 16.5 Å². The Morgan fingerprint density at radius 3 is 2.26 bits per heavy atom. The van der Waals surface area contributed by atoms with Gasteiger partial charge in [-0.15, -0.1) is 0 Å². The number of halogens is 3. The molecule has 0 saturated carbocycles. The Balaban J connectivity index is 0.00000127. The lowest BCUT2D eigenvalue weighted by molar-refractivity contribution is -0.0491. The van der Waals surface area contributed by atoms with Crippen molar-refractivity contribution in [3.8, 4) is 11.8 Å². The predicted octanol–water partition coefficient (Wildman–Crippen LogP) is 5.18. The van der Waals surface area contributed by atoms with E-state index in [0.717, 1.165) is 6.07 Å². The Morgan fingerprint density at radius 1 is 1.17 bits per heavy atom. The lowest BCUT2D eigenvalue weighted by atomic mass is 9.93. The minimum atomic E-state index is -3.15. The highest BCUT2D eigenvalue weighted by Gasteiger charge is 2.21. The third-order valence-electron chi connectivity index (χ3n) is 3.14. The molecule has 0 bridgehead atoms. The quantitative estimate of drug-likeness (QED) is 0.791. The van der Waals surface area contributed by atoms with Gasteiger partial charge >= 0.3 is 6.61 Å². The molecule has 0 radical (unpaired) electrons. The van der Waals surface area contributed by atoms with Gasteiger partial charge in [-0.2, -0.15) is 14.0 Å². The van der Waals surface area contributed by atoms with Crippen LogP contribution in [0.1, 0.15) is 44.7 Å². The normalized spacial score (nSPS) is 10.4. The van der Waals surface area contributed by atoms with Crippen molar-refractivity contribution in [1.82, 2.24) is 0 Å². The monoisotopic (exact) mass is 324 g/mol. The van der Waals surface area contributed by atoms with Gasteiger partial charge in [0.15, 0.2) is 5.75 Å². The number of nitrogens with zero attached hydrogens (tertiary/aromatic N) is 1. The van der Waals surface area contributed by atoms with Crippen LogP contribution in [0, 0.1) is 17.1 Å². The zero-order valence-electron chi connectivity index (χ0n) is 13.5. The van der Waals surface area contributed by atoms with E-state index >= 15 is 0 Å². The summed E-state index contributed by atoms with van der Waals surface area (Å²) in [5.74, 6) is -1.42. The second kappa shape index (κ2) is 7.73. The fraction of sp³-hybridized carbons (Fsp3) is 0.353. The highest BCUT2D eigenvalue weighted by Crippen LogP contribution is 2.39. The zero-order valence-corrected chi connectivity index (χ0v) is 13.5. The Morgan fingerprint density at radius 2 is 1.78 bits per heavy atom. The minimum Gasteiger partial charge on any atom is -0.433 e. The number of nitrogens with two attached hydrogens (primary N) is 1. The first-order valence-corrected chi connectivity index (χ1v) is 7.25. The number of nitrogen functional groups attached to an aromatic ring is 1. The SMILES string of the molecule is CC.CC(C)c1cc(N)cc2cc(F)c(C#N)c(OC(F)F)c12. The van der Waals surface area contributed by atoms with Crippen molar-refractivity contribution in [1.29, 1.82) is 5.26 Å². The van der Waals surface area contributed by atoms with Crippen molar-refractivity contribution in [3.05, 3.63) is 35.1 Å². The van der Waals surface area contributed by atoms with Gasteiger partial charge in [0.05, 0.1) is 0 Å². The molecule has 0 spiro atoms. The van der Waals surface area contributed by atoms with Crippen LogP contribution in [0.3, 0.4) is 0 Å². The molecule has 0 unspecified atom stereocenters. The first-order chi connectivity index (χ1) is 10.8. The van der Waals surface area contributed by atoms with E-state index < -0.39 is 23.7 Å². The molecule has 0 saturated heterocycles. The molecule has 2 N–H and O–H groups in total. The molecule has 0 aliphatic carbocycles. The van der Waals surface area contributed by atoms with Crippen molar-refractivity contribution in [3.63, 3.8) is 0 Å². The summed E-state index contributed by atoms with van der Waals surface area (Å²) >= 11 is 0. The lowest BCUT2D eigenvalue weighted by Gasteiger charge is -2.17. The molecular formula is C17H19F3N2O. The predicted molar refractivity (Wildman–Crippen MR) is 85.1 cm³/mol. The maximum Gasteiger partial charge on any atom is 0.387 e. The molecule has 0 aromatic heterocycles. The number of hydrogen-bond donors (Lipinski definition) is 1. The van der Waals surface area contributed by atoms with E-state index in [2.05, 4.69) is 4.74 Å². The molecule has 124 valence electrons. The van der Waals surface area contributed by atoms with E-state index in [0.29, 0.717) is 16.6 Å². The second-order valence-electron chi connectivity index (χ2n) is 4.92. The molecule has 0 heterocycles. The summed E-state index contributed by atoms with van der Waals surface area (Å²) in [5, 5.41) is 9.63. The maximum absolute atomic E-state index is 13.9. The van der Waals surface area contributed by atoms with Gasteiger partial charge in [-0.3, -0.25) is 0 Å². The number of ether oxygens (including phenoxy) is 1. The van der Waals surface area contributed by atoms with E-state index in [-0.39, 0.29) is 11.3 Å². The number of nitriles is 1. The average Bonchev–Trinajstić information content (AvgIpc) is 2.47. The van der Waals surface area contributed by atoms with Gasteiger partial charge in [-0.05, 0) is 35.1 Å². The molecule has 2 aromatic rings. The molecule has 23 heavy (non-hydrogen) atoms. The van der Waals surface area contributed by atoms with E-state index in [4.69, 9.17) is 11.0 Å². The Labute approximate surface area is 133 Å². The second-order valence-corrected chi connectivity index (χ2v) is 4.92. The van der Waals surface area contributed by atoms with E-state index in [1.807, 2.05) is 27.7 Å². The smallest absolute Gasteiger partial charge is 0.387 e. The molecule has 0 fully saturated rings. The Kier molecular flexibility index (Phi) is 6.26. The van der Waals surface area contributed by atoms with Crippen LogP contribution >= 0.6 is 0 Å². The number of anilines is 1. The first kappa shape index (κ1) is 18.6. The molecular weight excluding hydrogens is 305 g/mol. The van der Waals surface area contributed by atoms with Gasteiger partial charge in [0.1, 0.15) is 17.4 Å². The van der Waals surface area contributed by atoms with Gasteiger partial charge in [0, 0.05) is 11.1 Å². The van der Waals surface area contributed by atoms with Crippen LogP contribution in [-0.2, 0) is 0 Å². The zero-order chi connectivity index (χ0) is 17.7. The van der Waals surface area contributed by atoms with Crippen LogP contribution in [-0.4, -0.2) is 6.61 Å². The largest absolute Gasteiger partial charge is 0.433 e. The van der Waals surface area contributed by atoms with Crippen molar-refractivity contribution in [2.24, 2.45) is 0 Å². The molecule has 6 heteroatoms. The van der Waals surface area contributed by atoms with Crippen LogP contribution in [0.4, 0.5) is 18.9 Å². The third-order valence-corrected chi connectivity index (χ3v) is 3.14. The fourth-order valence-electron chi connectivity index (χ4n) is 2.30. The van der Waals surface area contributed by atoms with E-state index in [1.165, 1.54) is 6.07 Å². The first-order valence-electron chi connectivity index (χ1n) is 7.25. The summed E-state index contributed by atoms with van der Waals surface area (Å²) in [4.78, 5) is 0. The fourth-order valence-corrected chi connectivity index (χ4v) is 2.30. The number of rotatable bonds is 3. The number of benzene rings is 2. The lowest BCUT2D eigenvalue weighted by Crippen LogP contribution is -2.07. The van der Waals surface area contributed by atoms with Gasteiger partial charge in [-0.1, -0.05) is 27.7 Å². The van der Waals surface area contributed by atoms with Gasteiger partial charge < -0.3 is 10.5 Å². The Bertz CT molecular complexity index is 737. The molecule has 0 amide bonds. The van der Waals surface area contributed by atoms with E-state index in [1.54, 1.807) is 12.1 Å². The summed E-state index contributed by atoms with van der Waals surface area (Å²) < 4.78 is 43.6. The number of fused-ring (bicyclic) bond motifs is 1. The molecule has 2 rings (SSSR count). The molecule has 3 nitrogen and oxygen atoms in total. The summed E-state index contributed by atoms with van der Waals surface area (Å²) in [5.41, 5.74) is 6.23. The molecule has 2 aromatic carbocycles. The van der Waals surface area contributed by atoms with Gasteiger partial charge in [-0.25, -0.2) is 4.39 Å². The van der Waals surface area contributed by atoms with Crippen LogP contribution in [0.5, 0.6) is 5.75 Å². The van der Waals surface area contributed by atoms with E-state index in [9.17, 15) is 13.2 Å². The van der Waals surface area contributed by atoms with Crippen LogP contribution < -0.4 is 10.5 Å². The molecule has 0 atom stereocenters. The van der Waals surface area contributed by atoms with Gasteiger partial charge in [0.25, 0.3) is 0 Å². The topological polar surface area (TPSA) is 59.0 Å². The maximum atomic E-state index is 13.9. The summed E-state index contributed by atoms with van der Waals surface area (Å²) in [6.07, 6.45) is 0. The van der Waals surface area contributed by atoms with Gasteiger partial charge in [0.2, 0.25) is 0 Å². The highest BCUT2D eigenvalue weighted by molar-refractivity contribution is 5.96. The summed E-state index contributed by atoms with van der Waals surface area (Å²) in [7, 11) is 0. The van der Waals surface area contributed by atoms with Crippen molar-refractivity contribution in [2.75, 3.05) is 5.73 Å². The minimum absolute atomic E-state index is 0.0620. The number of alkyl halides is 2. The van der Waals surface area contributed by atoms with Crippen molar-refractivity contribution in [2.45, 2.75) is 40.2 Å². The van der Waals surface area contributed by atoms with Crippen molar-refractivity contribution < 1.29 is 17.9 Å². The average molecular weight is 324 g/mol. The molecule has 0 aliphatic heterocycles. The van der Waals surface area contributed by atoms with Crippen LogP contribution in [0.25, 0.3) is 10.8 Å². The standard InChI is InChI=1S/C15H13F3N2O.C2H6/c1-7(2)10-5-9(20)3-8-4-12(16)11(6-19)14(13(8)10)21-15(17)18;1-2/h3-5,7,15H,20H2,1-2H3;1-2H3. The Hall–Kier alpha value is -2.42. The number of hydrogen-bond acceptors (Lipinski definition) is 3. The third kappa shape index (κ3) is 3.86. The molecule has 0 aliphatic rings. The highest BCUT2D eigenvalue weighted by atomic mass is 19.3. The summed E-state index contributed by atoms with van der Waals surface area (Å²) in [6.45, 7) is 4.53. The van der Waals surface area contributed by atoms with Crippen LogP contribution in [0.2, 0.25) is 0 Å².